The Morgan fingerprint density at radius 3 is 2.72 bits per heavy atom. The molecular weight excluding hydrogens is 421 g/mol. The van der Waals surface area contributed by atoms with E-state index in [-0.39, 0.29) is 34.6 Å². The molecular formula is C23H19F3N4O2. The summed E-state index contributed by atoms with van der Waals surface area (Å²) in [5.74, 6) is -0.209. The number of furan rings is 1. The van der Waals surface area contributed by atoms with Gasteiger partial charge in [-0.25, -0.2) is 9.50 Å². The molecule has 4 heterocycles. The number of aryl methyl sites for hydroxylation is 1. The molecule has 164 valence electrons. The number of fused-ring (bicyclic) bond motifs is 1. The van der Waals surface area contributed by atoms with Crippen LogP contribution in [0.4, 0.5) is 13.2 Å². The average molecular weight is 440 g/mol. The lowest BCUT2D eigenvalue weighted by Crippen LogP contribution is -2.31. The van der Waals surface area contributed by atoms with E-state index in [1.165, 1.54) is 18.5 Å². The highest BCUT2D eigenvalue weighted by Gasteiger charge is 2.38. The van der Waals surface area contributed by atoms with Gasteiger partial charge in [0.25, 0.3) is 5.91 Å². The van der Waals surface area contributed by atoms with Crippen molar-refractivity contribution in [2.24, 2.45) is 0 Å². The second-order valence-electron chi connectivity index (χ2n) is 7.81. The summed E-state index contributed by atoms with van der Waals surface area (Å²) < 4.78 is 47.2. The highest BCUT2D eigenvalue weighted by Crippen LogP contribution is 2.36. The summed E-state index contributed by atoms with van der Waals surface area (Å²) >= 11 is 0. The molecule has 1 aromatic carbocycles. The lowest BCUT2D eigenvalue weighted by Gasteiger charge is -2.26. The molecule has 1 atom stereocenters. The number of carbonyl (C=O) groups excluding carboxylic acids is 1. The first-order chi connectivity index (χ1) is 15.3. The Bertz CT molecular complexity index is 1290. The van der Waals surface area contributed by atoms with Crippen LogP contribution >= 0.6 is 0 Å². The van der Waals surface area contributed by atoms with Crippen LogP contribution < -0.4 is 0 Å². The first-order valence-corrected chi connectivity index (χ1v) is 10.2. The summed E-state index contributed by atoms with van der Waals surface area (Å²) in [5, 5.41) is 3.87. The second kappa shape index (κ2) is 7.51. The number of rotatable bonds is 3. The number of likely N-dealkylation sites (tertiary alicyclic amines) is 1. The third-order valence-electron chi connectivity index (χ3n) is 5.83. The number of aromatic nitrogens is 3. The minimum atomic E-state index is -4.69. The molecule has 4 aromatic rings. The molecule has 1 fully saturated rings. The largest absolute Gasteiger partial charge is 0.463 e. The van der Waals surface area contributed by atoms with Gasteiger partial charge in [-0.2, -0.15) is 18.3 Å². The maximum absolute atomic E-state index is 13.8. The monoisotopic (exact) mass is 440 g/mol. The van der Waals surface area contributed by atoms with Gasteiger partial charge in [0.2, 0.25) is 0 Å². The van der Waals surface area contributed by atoms with Crippen molar-refractivity contribution in [3.8, 4) is 11.5 Å². The summed E-state index contributed by atoms with van der Waals surface area (Å²) in [6.45, 7) is 2.50. The van der Waals surface area contributed by atoms with Crippen molar-refractivity contribution in [1.82, 2.24) is 19.5 Å². The second-order valence-corrected chi connectivity index (χ2v) is 7.81. The molecule has 32 heavy (non-hydrogen) atoms. The molecule has 9 heteroatoms. The quantitative estimate of drug-likeness (QED) is 0.434. The summed E-state index contributed by atoms with van der Waals surface area (Å²) in [4.78, 5) is 19.5. The molecule has 0 spiro atoms. The van der Waals surface area contributed by atoms with E-state index in [1.807, 2.05) is 31.2 Å². The van der Waals surface area contributed by atoms with E-state index in [1.54, 1.807) is 11.0 Å². The minimum Gasteiger partial charge on any atom is -0.463 e. The van der Waals surface area contributed by atoms with Crippen LogP contribution in [-0.2, 0) is 6.18 Å². The Morgan fingerprint density at radius 2 is 2.00 bits per heavy atom. The molecule has 0 radical (unpaired) electrons. The van der Waals surface area contributed by atoms with Crippen molar-refractivity contribution >= 4 is 11.6 Å². The van der Waals surface area contributed by atoms with Crippen LogP contribution in [0.25, 0.3) is 17.1 Å². The van der Waals surface area contributed by atoms with E-state index in [2.05, 4.69) is 10.1 Å². The minimum absolute atomic E-state index is 0.0127. The number of halogens is 3. The van der Waals surface area contributed by atoms with Crippen molar-refractivity contribution in [2.75, 3.05) is 6.54 Å². The Morgan fingerprint density at radius 1 is 1.19 bits per heavy atom. The van der Waals surface area contributed by atoms with Crippen molar-refractivity contribution in [3.05, 3.63) is 77.3 Å². The van der Waals surface area contributed by atoms with Crippen molar-refractivity contribution < 1.29 is 22.4 Å². The van der Waals surface area contributed by atoms with Gasteiger partial charge in [0.05, 0.1) is 18.5 Å². The predicted molar refractivity (Wildman–Crippen MR) is 110 cm³/mol. The van der Waals surface area contributed by atoms with Gasteiger partial charge in [-0.05, 0) is 49.1 Å². The number of hydrogen-bond acceptors (Lipinski definition) is 4. The first kappa shape index (κ1) is 20.3. The normalized spacial score (nSPS) is 16.8. The van der Waals surface area contributed by atoms with Crippen LogP contribution in [0.2, 0.25) is 0 Å². The van der Waals surface area contributed by atoms with E-state index < -0.39 is 11.9 Å². The molecule has 0 bridgehead atoms. The molecule has 0 unspecified atom stereocenters. The fraction of sp³-hybridized carbons (Fsp3) is 0.261. The number of carbonyl (C=O) groups is 1. The molecule has 0 N–H and O–H groups in total. The highest BCUT2D eigenvalue weighted by atomic mass is 19.4. The van der Waals surface area contributed by atoms with Gasteiger partial charge in [-0.1, -0.05) is 24.3 Å². The van der Waals surface area contributed by atoms with Gasteiger partial charge in [0.1, 0.15) is 11.3 Å². The van der Waals surface area contributed by atoms with Gasteiger partial charge >= 0.3 is 6.18 Å². The zero-order valence-electron chi connectivity index (χ0n) is 17.1. The summed E-state index contributed by atoms with van der Waals surface area (Å²) in [7, 11) is 0. The SMILES string of the molecule is Cc1ccccc1[C@H]1CCCN1C(=O)c1cnn2c(C(F)(F)F)cc(-c3ccco3)nc12. The zero-order chi connectivity index (χ0) is 22.5. The van der Waals surface area contributed by atoms with Crippen LogP contribution in [-0.4, -0.2) is 31.9 Å². The number of nitrogens with zero attached hydrogens (tertiary/aromatic N) is 4. The molecule has 1 amide bonds. The average Bonchev–Trinajstić information content (AvgIpc) is 3.52. The van der Waals surface area contributed by atoms with Crippen molar-refractivity contribution in [1.29, 1.82) is 0 Å². The van der Waals surface area contributed by atoms with Crippen LogP contribution in [0.5, 0.6) is 0 Å². The first-order valence-electron chi connectivity index (χ1n) is 10.2. The summed E-state index contributed by atoms with van der Waals surface area (Å²) in [5.41, 5.74) is 0.951. The zero-order valence-corrected chi connectivity index (χ0v) is 17.1. The van der Waals surface area contributed by atoms with E-state index >= 15 is 0 Å². The lowest BCUT2D eigenvalue weighted by molar-refractivity contribution is -0.142. The number of amides is 1. The van der Waals surface area contributed by atoms with Gasteiger partial charge in [-0.3, -0.25) is 4.79 Å². The van der Waals surface area contributed by atoms with Gasteiger partial charge in [0, 0.05) is 6.54 Å². The Labute approximate surface area is 181 Å². The third kappa shape index (κ3) is 3.34. The molecule has 5 rings (SSSR count). The van der Waals surface area contributed by atoms with Crippen molar-refractivity contribution in [3.63, 3.8) is 0 Å². The van der Waals surface area contributed by atoms with E-state index in [9.17, 15) is 18.0 Å². The van der Waals surface area contributed by atoms with Crippen LogP contribution in [0.15, 0.2) is 59.3 Å². The molecule has 0 aliphatic carbocycles. The predicted octanol–water partition coefficient (Wildman–Crippen LogP) is 5.29. The lowest BCUT2D eigenvalue weighted by atomic mass is 9.99. The molecule has 0 saturated carbocycles. The Balaban J connectivity index is 1.62. The van der Waals surface area contributed by atoms with E-state index in [4.69, 9.17) is 4.42 Å². The fourth-order valence-electron chi connectivity index (χ4n) is 4.31. The molecule has 1 aliphatic rings. The molecule has 1 aliphatic heterocycles. The number of hydrogen-bond donors (Lipinski definition) is 0. The highest BCUT2D eigenvalue weighted by molar-refractivity contribution is 6.00. The smallest absolute Gasteiger partial charge is 0.433 e. The molecule has 6 nitrogen and oxygen atoms in total. The van der Waals surface area contributed by atoms with Crippen LogP contribution in [0, 0.1) is 6.92 Å². The number of benzene rings is 1. The summed E-state index contributed by atoms with van der Waals surface area (Å²) in [6.07, 6.45) is -0.573. The van der Waals surface area contributed by atoms with Crippen molar-refractivity contribution in [2.45, 2.75) is 32.0 Å². The third-order valence-corrected chi connectivity index (χ3v) is 5.83. The van der Waals surface area contributed by atoms with E-state index in [0.717, 1.165) is 30.0 Å². The molecule has 3 aromatic heterocycles. The maximum Gasteiger partial charge on any atom is 0.433 e. The van der Waals surface area contributed by atoms with Crippen LogP contribution in [0.1, 0.15) is 46.1 Å². The Kier molecular flexibility index (Phi) is 4.76. The maximum atomic E-state index is 13.8. The Hall–Kier alpha value is -3.62. The molecule has 1 saturated heterocycles. The topological polar surface area (TPSA) is 63.6 Å². The van der Waals surface area contributed by atoms with E-state index in [0.29, 0.717) is 11.1 Å². The summed E-state index contributed by atoms with van der Waals surface area (Å²) in [6, 6.07) is 11.6. The van der Waals surface area contributed by atoms with Gasteiger partial charge < -0.3 is 9.32 Å². The number of alkyl halides is 3. The van der Waals surface area contributed by atoms with Gasteiger partial charge in [-0.15, -0.1) is 0 Å². The fourth-order valence-corrected chi connectivity index (χ4v) is 4.31. The van der Waals surface area contributed by atoms with Gasteiger partial charge in [0.15, 0.2) is 17.1 Å². The van der Waals surface area contributed by atoms with Crippen LogP contribution in [0.3, 0.4) is 0 Å². The standard InChI is InChI=1S/C23H19F3N4O2/c1-14-6-2-3-7-15(14)18-8-4-10-29(18)22(31)16-13-27-30-20(23(24,25)26)12-17(28-21(16)30)19-9-5-11-32-19/h2-3,5-7,9,11-13,18H,4,8,10H2,1H3/t18-/m1/s1.